The Morgan fingerprint density at radius 1 is 1.35 bits per heavy atom. The second-order valence-electron chi connectivity index (χ2n) is 3.91. The van der Waals surface area contributed by atoms with Crippen molar-refractivity contribution in [3.63, 3.8) is 0 Å². The lowest BCUT2D eigenvalue weighted by Crippen LogP contribution is -2.24. The van der Waals surface area contributed by atoms with E-state index in [0.29, 0.717) is 18.0 Å². The van der Waals surface area contributed by atoms with Gasteiger partial charge in [-0.2, -0.15) is 4.98 Å². The molecule has 2 rings (SSSR count). The fourth-order valence-corrected chi connectivity index (χ4v) is 1.63. The van der Waals surface area contributed by atoms with Crippen LogP contribution >= 0.6 is 0 Å². The predicted octanol–water partition coefficient (Wildman–Crippen LogP) is 0.334. The molecule has 106 valence electrons. The summed E-state index contributed by atoms with van der Waals surface area (Å²) in [5.41, 5.74) is 6.19. The number of carbonyl (C=O) groups excluding carboxylic acids is 1. The predicted molar refractivity (Wildman–Crippen MR) is 71.5 cm³/mol. The van der Waals surface area contributed by atoms with Gasteiger partial charge in [0.2, 0.25) is 11.8 Å². The molecule has 0 bridgehead atoms. The van der Waals surface area contributed by atoms with Gasteiger partial charge < -0.3 is 20.5 Å². The number of hydrogen-bond donors (Lipinski definition) is 3. The number of ether oxygens (including phenoxy) is 2. The maximum atomic E-state index is 11.8. The number of methoxy groups -OCH3 is 2. The van der Waals surface area contributed by atoms with Crippen molar-refractivity contribution in [1.29, 1.82) is 0 Å². The number of rotatable bonds is 5. The Labute approximate surface area is 115 Å². The lowest BCUT2D eigenvalue weighted by molar-refractivity contribution is 0.0941. The molecule has 4 N–H and O–H groups in total. The van der Waals surface area contributed by atoms with E-state index in [9.17, 15) is 4.79 Å². The van der Waals surface area contributed by atoms with Gasteiger partial charge in [-0.05, 0) is 17.7 Å². The van der Waals surface area contributed by atoms with E-state index in [1.165, 1.54) is 0 Å². The number of carbonyl (C=O) groups is 1. The molecule has 0 aliphatic heterocycles. The summed E-state index contributed by atoms with van der Waals surface area (Å²) in [6.45, 7) is 0.319. The normalized spacial score (nSPS) is 10.1. The second-order valence-corrected chi connectivity index (χ2v) is 3.91. The van der Waals surface area contributed by atoms with Crippen molar-refractivity contribution >= 4 is 11.9 Å². The van der Waals surface area contributed by atoms with Crippen LogP contribution in [0.3, 0.4) is 0 Å². The zero-order chi connectivity index (χ0) is 14.5. The van der Waals surface area contributed by atoms with Gasteiger partial charge in [-0.1, -0.05) is 6.07 Å². The summed E-state index contributed by atoms with van der Waals surface area (Å²) in [4.78, 5) is 15.5. The van der Waals surface area contributed by atoms with Crippen LogP contribution in [0.4, 0.5) is 5.95 Å². The van der Waals surface area contributed by atoms with Crippen LogP contribution in [0.15, 0.2) is 18.2 Å². The SMILES string of the molecule is COc1ccc(CNC(=O)c2nc(N)n[nH]2)cc1OC. The number of aromatic amines is 1. The van der Waals surface area contributed by atoms with Crippen molar-refractivity contribution in [1.82, 2.24) is 20.5 Å². The van der Waals surface area contributed by atoms with Crippen molar-refractivity contribution in [2.75, 3.05) is 20.0 Å². The lowest BCUT2D eigenvalue weighted by atomic mass is 10.2. The quantitative estimate of drug-likeness (QED) is 0.725. The second kappa shape index (κ2) is 5.91. The third kappa shape index (κ3) is 2.97. The molecule has 0 saturated heterocycles. The molecule has 8 nitrogen and oxygen atoms in total. The van der Waals surface area contributed by atoms with Crippen LogP contribution in [0.1, 0.15) is 16.2 Å². The topological polar surface area (TPSA) is 115 Å². The minimum absolute atomic E-state index is 0.0290. The van der Waals surface area contributed by atoms with Gasteiger partial charge in [-0.3, -0.25) is 9.89 Å². The number of hydrogen-bond acceptors (Lipinski definition) is 6. The van der Waals surface area contributed by atoms with Gasteiger partial charge in [0.25, 0.3) is 5.91 Å². The molecule has 0 aliphatic carbocycles. The summed E-state index contributed by atoms with van der Waals surface area (Å²) in [5, 5.41) is 8.72. The first-order valence-corrected chi connectivity index (χ1v) is 5.81. The van der Waals surface area contributed by atoms with Crippen LogP contribution < -0.4 is 20.5 Å². The molecule has 1 heterocycles. The van der Waals surface area contributed by atoms with Crippen LogP contribution in [-0.2, 0) is 6.54 Å². The number of aromatic nitrogens is 3. The summed E-state index contributed by atoms with van der Waals surface area (Å²) in [5.74, 6) is 0.946. The van der Waals surface area contributed by atoms with Gasteiger partial charge >= 0.3 is 0 Å². The van der Waals surface area contributed by atoms with Gasteiger partial charge in [-0.15, -0.1) is 5.10 Å². The van der Waals surface area contributed by atoms with Crippen molar-refractivity contribution in [2.24, 2.45) is 0 Å². The molecular formula is C12H15N5O3. The molecule has 2 aromatic rings. The molecule has 1 aromatic carbocycles. The fourth-order valence-electron chi connectivity index (χ4n) is 1.63. The number of nitrogens with two attached hydrogens (primary N) is 1. The number of amides is 1. The van der Waals surface area contributed by atoms with Gasteiger partial charge in [-0.25, -0.2) is 0 Å². The van der Waals surface area contributed by atoms with Crippen molar-refractivity contribution < 1.29 is 14.3 Å². The van der Waals surface area contributed by atoms with Crippen LogP contribution in [0.5, 0.6) is 11.5 Å². The smallest absolute Gasteiger partial charge is 0.288 e. The van der Waals surface area contributed by atoms with Gasteiger partial charge in [0, 0.05) is 6.54 Å². The first-order chi connectivity index (χ1) is 9.63. The first-order valence-electron chi connectivity index (χ1n) is 5.81. The Balaban J connectivity index is 2.02. The molecule has 1 aromatic heterocycles. The highest BCUT2D eigenvalue weighted by atomic mass is 16.5. The van der Waals surface area contributed by atoms with Crippen LogP contribution in [0.2, 0.25) is 0 Å². The number of H-pyrrole nitrogens is 1. The van der Waals surface area contributed by atoms with E-state index in [1.807, 2.05) is 6.07 Å². The first kappa shape index (κ1) is 13.7. The van der Waals surface area contributed by atoms with E-state index >= 15 is 0 Å². The van der Waals surface area contributed by atoms with E-state index in [-0.39, 0.29) is 17.7 Å². The van der Waals surface area contributed by atoms with E-state index in [1.54, 1.807) is 26.4 Å². The van der Waals surface area contributed by atoms with E-state index in [2.05, 4.69) is 20.5 Å². The Morgan fingerprint density at radius 3 is 2.70 bits per heavy atom. The third-order valence-corrected chi connectivity index (χ3v) is 2.62. The van der Waals surface area contributed by atoms with E-state index in [0.717, 1.165) is 5.56 Å². The summed E-state index contributed by atoms with van der Waals surface area (Å²) in [6.07, 6.45) is 0. The monoisotopic (exact) mass is 277 g/mol. The Hall–Kier alpha value is -2.77. The summed E-state index contributed by atoms with van der Waals surface area (Å²) in [6, 6.07) is 5.39. The van der Waals surface area contributed by atoms with Crippen LogP contribution in [-0.4, -0.2) is 35.3 Å². The number of benzene rings is 1. The van der Waals surface area contributed by atoms with Crippen molar-refractivity contribution in [3.8, 4) is 11.5 Å². The van der Waals surface area contributed by atoms with Gasteiger partial charge in [0.05, 0.1) is 14.2 Å². The van der Waals surface area contributed by atoms with E-state index in [4.69, 9.17) is 15.2 Å². The van der Waals surface area contributed by atoms with Crippen molar-refractivity contribution in [2.45, 2.75) is 6.54 Å². The molecule has 20 heavy (non-hydrogen) atoms. The molecule has 0 saturated carbocycles. The maximum Gasteiger partial charge on any atom is 0.288 e. The maximum absolute atomic E-state index is 11.8. The standard InChI is InChI=1S/C12H15N5O3/c1-19-8-4-3-7(5-9(8)20-2)6-14-11(18)10-15-12(13)17-16-10/h3-5H,6H2,1-2H3,(H,14,18)(H3,13,15,16,17). The largest absolute Gasteiger partial charge is 0.493 e. The lowest BCUT2D eigenvalue weighted by Gasteiger charge is -2.09. The summed E-state index contributed by atoms with van der Waals surface area (Å²) in [7, 11) is 3.12. The minimum Gasteiger partial charge on any atom is -0.493 e. The fraction of sp³-hybridized carbons (Fsp3) is 0.250. The molecule has 0 aliphatic rings. The molecule has 0 radical (unpaired) electrons. The zero-order valence-electron chi connectivity index (χ0n) is 11.1. The number of nitrogens with zero attached hydrogens (tertiary/aromatic N) is 2. The van der Waals surface area contributed by atoms with E-state index < -0.39 is 0 Å². The summed E-state index contributed by atoms with van der Waals surface area (Å²) >= 11 is 0. The Morgan fingerprint density at radius 2 is 2.10 bits per heavy atom. The highest BCUT2D eigenvalue weighted by Crippen LogP contribution is 2.27. The highest BCUT2D eigenvalue weighted by molar-refractivity contribution is 5.90. The van der Waals surface area contributed by atoms with Gasteiger partial charge in [0.1, 0.15) is 0 Å². The average molecular weight is 277 g/mol. The molecule has 0 fully saturated rings. The molecule has 0 spiro atoms. The number of anilines is 1. The Kier molecular flexibility index (Phi) is 4.04. The van der Waals surface area contributed by atoms with Crippen molar-refractivity contribution in [3.05, 3.63) is 29.6 Å². The molecular weight excluding hydrogens is 262 g/mol. The molecule has 8 heteroatoms. The number of nitrogens with one attached hydrogen (secondary N) is 2. The molecule has 0 atom stereocenters. The minimum atomic E-state index is -0.385. The number of nitrogen functional groups attached to an aromatic ring is 1. The summed E-state index contributed by atoms with van der Waals surface area (Å²) < 4.78 is 10.3. The Bertz CT molecular complexity index is 611. The molecule has 0 unspecified atom stereocenters. The third-order valence-electron chi connectivity index (χ3n) is 2.62. The average Bonchev–Trinajstić information content (AvgIpc) is 2.91. The highest BCUT2D eigenvalue weighted by Gasteiger charge is 2.11. The van der Waals surface area contributed by atoms with Crippen LogP contribution in [0, 0.1) is 0 Å². The zero-order valence-corrected chi connectivity index (χ0v) is 11.1. The van der Waals surface area contributed by atoms with Gasteiger partial charge in [0.15, 0.2) is 11.5 Å². The van der Waals surface area contributed by atoms with Crippen LogP contribution in [0.25, 0.3) is 0 Å². The molecule has 1 amide bonds.